The van der Waals surface area contributed by atoms with Gasteiger partial charge in [-0.15, -0.1) is 0 Å². The van der Waals surface area contributed by atoms with Crippen molar-refractivity contribution >= 4 is 0 Å². The predicted molar refractivity (Wildman–Crippen MR) is 65.1 cm³/mol. The molecule has 88 valence electrons. The maximum atomic E-state index is 3.51. The molecule has 2 aliphatic rings. The number of nitrogens with one attached hydrogen (secondary N) is 1. The molecule has 15 heavy (non-hydrogen) atoms. The van der Waals surface area contributed by atoms with Gasteiger partial charge in [-0.25, -0.2) is 0 Å². The van der Waals surface area contributed by atoms with E-state index in [1.807, 2.05) is 0 Å². The molecule has 0 radical (unpaired) electrons. The van der Waals surface area contributed by atoms with Crippen molar-refractivity contribution < 1.29 is 0 Å². The Morgan fingerprint density at radius 2 is 2.07 bits per heavy atom. The van der Waals surface area contributed by atoms with Gasteiger partial charge in [-0.3, -0.25) is 4.90 Å². The van der Waals surface area contributed by atoms with E-state index in [0.29, 0.717) is 0 Å². The standard InChI is InChI=1S/C13H26N2/c1-2-14-11-13-5-3-4-9-15(13)10-8-12-6-7-12/h12-14H,2-11H2,1H3. The van der Waals surface area contributed by atoms with E-state index in [2.05, 4.69) is 17.1 Å². The first-order valence-corrected chi connectivity index (χ1v) is 6.85. The van der Waals surface area contributed by atoms with Gasteiger partial charge in [0, 0.05) is 12.6 Å². The summed E-state index contributed by atoms with van der Waals surface area (Å²) in [5.41, 5.74) is 0. The fourth-order valence-corrected chi connectivity index (χ4v) is 2.65. The lowest BCUT2D eigenvalue weighted by Gasteiger charge is -2.36. The molecule has 1 unspecified atom stereocenters. The number of likely N-dealkylation sites (N-methyl/N-ethyl adjacent to an activating group) is 1. The largest absolute Gasteiger partial charge is 0.315 e. The van der Waals surface area contributed by atoms with Crippen molar-refractivity contribution in [2.75, 3.05) is 26.2 Å². The Kier molecular flexibility index (Phi) is 4.45. The van der Waals surface area contributed by atoms with Gasteiger partial charge in [-0.1, -0.05) is 26.2 Å². The van der Waals surface area contributed by atoms with Crippen molar-refractivity contribution in [2.24, 2.45) is 5.92 Å². The summed E-state index contributed by atoms with van der Waals surface area (Å²) in [4.78, 5) is 2.74. The van der Waals surface area contributed by atoms with Crippen LogP contribution in [-0.4, -0.2) is 37.1 Å². The van der Waals surface area contributed by atoms with Crippen LogP contribution in [0.25, 0.3) is 0 Å². The van der Waals surface area contributed by atoms with Crippen LogP contribution in [0.5, 0.6) is 0 Å². The van der Waals surface area contributed by atoms with E-state index in [1.165, 1.54) is 58.2 Å². The monoisotopic (exact) mass is 210 g/mol. The molecule has 0 bridgehead atoms. The summed E-state index contributed by atoms with van der Waals surface area (Å²) >= 11 is 0. The van der Waals surface area contributed by atoms with Crippen LogP contribution in [0, 0.1) is 5.92 Å². The van der Waals surface area contributed by atoms with Gasteiger partial charge in [0.25, 0.3) is 0 Å². The third-order valence-electron chi connectivity index (χ3n) is 3.90. The number of piperidine rings is 1. The first-order valence-electron chi connectivity index (χ1n) is 6.85. The van der Waals surface area contributed by atoms with Gasteiger partial charge in [-0.2, -0.15) is 0 Å². The summed E-state index contributed by atoms with van der Waals surface area (Å²) in [6, 6.07) is 0.831. The van der Waals surface area contributed by atoms with E-state index in [0.717, 1.165) is 18.5 Å². The number of nitrogens with zero attached hydrogens (tertiary/aromatic N) is 1. The molecule has 1 heterocycles. The molecule has 2 fully saturated rings. The molecular weight excluding hydrogens is 184 g/mol. The summed E-state index contributed by atoms with van der Waals surface area (Å²) in [5.74, 6) is 1.09. The van der Waals surface area contributed by atoms with Gasteiger partial charge in [0.15, 0.2) is 0 Å². The number of likely N-dealkylation sites (tertiary alicyclic amines) is 1. The van der Waals surface area contributed by atoms with E-state index in [-0.39, 0.29) is 0 Å². The molecular formula is C13H26N2. The lowest BCUT2D eigenvalue weighted by molar-refractivity contribution is 0.142. The average Bonchev–Trinajstić information content (AvgIpc) is 3.08. The Morgan fingerprint density at radius 3 is 2.80 bits per heavy atom. The van der Waals surface area contributed by atoms with E-state index >= 15 is 0 Å². The van der Waals surface area contributed by atoms with Crippen molar-refractivity contribution in [1.82, 2.24) is 10.2 Å². The molecule has 1 atom stereocenters. The smallest absolute Gasteiger partial charge is 0.0220 e. The van der Waals surface area contributed by atoms with Crippen LogP contribution in [0.15, 0.2) is 0 Å². The van der Waals surface area contributed by atoms with Crippen molar-refractivity contribution in [2.45, 2.75) is 51.5 Å². The molecule has 0 amide bonds. The second-order valence-electron chi connectivity index (χ2n) is 5.23. The van der Waals surface area contributed by atoms with Crippen molar-refractivity contribution in [3.8, 4) is 0 Å². The van der Waals surface area contributed by atoms with Gasteiger partial charge in [0.05, 0.1) is 0 Å². The van der Waals surface area contributed by atoms with Crippen molar-refractivity contribution in [3.63, 3.8) is 0 Å². The molecule has 1 aliphatic carbocycles. The predicted octanol–water partition coefficient (Wildman–Crippen LogP) is 2.25. The van der Waals surface area contributed by atoms with Crippen LogP contribution in [0.2, 0.25) is 0 Å². The molecule has 1 saturated heterocycles. The van der Waals surface area contributed by atoms with Crippen LogP contribution < -0.4 is 5.32 Å². The van der Waals surface area contributed by atoms with E-state index in [1.54, 1.807) is 0 Å². The number of hydrogen-bond acceptors (Lipinski definition) is 2. The molecule has 2 rings (SSSR count). The van der Waals surface area contributed by atoms with Crippen molar-refractivity contribution in [1.29, 1.82) is 0 Å². The zero-order valence-electron chi connectivity index (χ0n) is 10.2. The molecule has 0 aromatic carbocycles. The Labute approximate surface area is 94.4 Å². The van der Waals surface area contributed by atoms with Crippen LogP contribution in [0.4, 0.5) is 0 Å². The molecule has 2 nitrogen and oxygen atoms in total. The molecule has 0 aromatic rings. The minimum Gasteiger partial charge on any atom is -0.315 e. The van der Waals surface area contributed by atoms with E-state index in [4.69, 9.17) is 0 Å². The van der Waals surface area contributed by atoms with Gasteiger partial charge in [-0.05, 0) is 44.8 Å². The quantitative estimate of drug-likeness (QED) is 0.723. The highest BCUT2D eigenvalue weighted by molar-refractivity contribution is 4.81. The lowest BCUT2D eigenvalue weighted by atomic mass is 10.0. The summed E-state index contributed by atoms with van der Waals surface area (Å²) in [7, 11) is 0. The average molecular weight is 210 g/mol. The maximum Gasteiger partial charge on any atom is 0.0220 e. The molecule has 0 aromatic heterocycles. The zero-order chi connectivity index (χ0) is 10.5. The Hall–Kier alpha value is -0.0800. The SMILES string of the molecule is CCNCC1CCCCN1CCC1CC1. The molecule has 0 spiro atoms. The normalized spacial score (nSPS) is 28.2. The molecule has 1 saturated carbocycles. The highest BCUT2D eigenvalue weighted by Gasteiger charge is 2.25. The topological polar surface area (TPSA) is 15.3 Å². The van der Waals surface area contributed by atoms with E-state index < -0.39 is 0 Å². The second kappa shape index (κ2) is 5.86. The van der Waals surface area contributed by atoms with Gasteiger partial charge < -0.3 is 5.32 Å². The number of hydrogen-bond donors (Lipinski definition) is 1. The molecule has 1 N–H and O–H groups in total. The van der Waals surface area contributed by atoms with Crippen LogP contribution in [0.1, 0.15) is 45.4 Å². The minimum atomic E-state index is 0.831. The summed E-state index contributed by atoms with van der Waals surface area (Å²) in [6.07, 6.45) is 8.75. The first-order chi connectivity index (χ1) is 7.40. The lowest BCUT2D eigenvalue weighted by Crippen LogP contribution is -2.45. The highest BCUT2D eigenvalue weighted by Crippen LogP contribution is 2.33. The summed E-state index contributed by atoms with van der Waals surface area (Å²) in [5, 5.41) is 3.51. The van der Waals surface area contributed by atoms with Gasteiger partial charge >= 0.3 is 0 Å². The fourth-order valence-electron chi connectivity index (χ4n) is 2.65. The van der Waals surface area contributed by atoms with Gasteiger partial charge in [0.2, 0.25) is 0 Å². The van der Waals surface area contributed by atoms with Crippen LogP contribution in [0.3, 0.4) is 0 Å². The Morgan fingerprint density at radius 1 is 1.20 bits per heavy atom. The minimum absolute atomic E-state index is 0.831. The zero-order valence-corrected chi connectivity index (χ0v) is 10.2. The fraction of sp³-hybridized carbons (Fsp3) is 1.00. The summed E-state index contributed by atoms with van der Waals surface area (Å²) in [6.45, 7) is 7.25. The Bertz CT molecular complexity index is 177. The van der Waals surface area contributed by atoms with Crippen LogP contribution in [-0.2, 0) is 0 Å². The van der Waals surface area contributed by atoms with Gasteiger partial charge in [0.1, 0.15) is 0 Å². The third-order valence-corrected chi connectivity index (χ3v) is 3.90. The highest BCUT2D eigenvalue weighted by atomic mass is 15.2. The summed E-state index contributed by atoms with van der Waals surface area (Å²) < 4.78 is 0. The molecule has 2 heteroatoms. The third kappa shape index (κ3) is 3.76. The molecule has 1 aliphatic heterocycles. The maximum absolute atomic E-state index is 3.51. The van der Waals surface area contributed by atoms with Crippen LogP contribution >= 0.6 is 0 Å². The number of rotatable bonds is 6. The first kappa shape index (κ1) is 11.4. The Balaban J connectivity index is 1.70. The van der Waals surface area contributed by atoms with E-state index in [9.17, 15) is 0 Å². The second-order valence-corrected chi connectivity index (χ2v) is 5.23. The van der Waals surface area contributed by atoms with Crippen molar-refractivity contribution in [3.05, 3.63) is 0 Å².